The third kappa shape index (κ3) is 4.88. The molecule has 34 heavy (non-hydrogen) atoms. The Balaban J connectivity index is 1.46. The van der Waals surface area contributed by atoms with Crippen molar-refractivity contribution in [3.8, 4) is 11.5 Å². The van der Waals surface area contributed by atoms with Gasteiger partial charge in [0, 0.05) is 19.0 Å². The third-order valence-corrected chi connectivity index (χ3v) is 5.61. The maximum Gasteiger partial charge on any atom is 0.253 e. The largest absolute Gasteiger partial charge is 0.497 e. The Morgan fingerprint density at radius 3 is 2.65 bits per heavy atom. The van der Waals surface area contributed by atoms with Gasteiger partial charge in [0.05, 0.1) is 49.9 Å². The summed E-state index contributed by atoms with van der Waals surface area (Å²) in [5.41, 5.74) is 1.23. The number of nitrogens with one attached hydrogen (secondary N) is 2. The summed E-state index contributed by atoms with van der Waals surface area (Å²) in [5.74, 6) is 0.215. The van der Waals surface area contributed by atoms with Gasteiger partial charge in [-0.2, -0.15) is 0 Å². The van der Waals surface area contributed by atoms with E-state index in [1.54, 1.807) is 54.6 Å². The SMILES string of the molecule is COc1ccc(OC)c(N2CC(C(=O)Nc3ccccc3C(=O)NCc3ccco3)CC2=O)c1. The van der Waals surface area contributed by atoms with E-state index in [0.717, 1.165) is 0 Å². The Hall–Kier alpha value is -4.27. The van der Waals surface area contributed by atoms with Crippen molar-refractivity contribution in [1.82, 2.24) is 5.32 Å². The van der Waals surface area contributed by atoms with Crippen molar-refractivity contribution >= 4 is 29.1 Å². The maximum absolute atomic E-state index is 13.0. The zero-order chi connectivity index (χ0) is 24.1. The quantitative estimate of drug-likeness (QED) is 0.531. The van der Waals surface area contributed by atoms with Crippen molar-refractivity contribution < 1.29 is 28.3 Å². The Kier molecular flexibility index (Phi) is 6.82. The molecule has 1 aliphatic heterocycles. The molecule has 0 bridgehead atoms. The van der Waals surface area contributed by atoms with Gasteiger partial charge in [0.25, 0.3) is 5.91 Å². The molecule has 0 saturated carbocycles. The Morgan fingerprint density at radius 1 is 1.09 bits per heavy atom. The predicted molar refractivity (Wildman–Crippen MR) is 125 cm³/mol. The molecular weight excluding hydrogens is 438 g/mol. The lowest BCUT2D eigenvalue weighted by molar-refractivity contribution is -0.122. The molecule has 1 aliphatic rings. The summed E-state index contributed by atoms with van der Waals surface area (Å²) in [6.07, 6.45) is 1.57. The first-order chi connectivity index (χ1) is 16.5. The Bertz CT molecular complexity index is 1190. The lowest BCUT2D eigenvalue weighted by Gasteiger charge is -2.20. The first kappa shape index (κ1) is 22.9. The third-order valence-electron chi connectivity index (χ3n) is 5.61. The molecule has 1 unspecified atom stereocenters. The molecule has 9 heteroatoms. The molecule has 3 amide bonds. The summed E-state index contributed by atoms with van der Waals surface area (Å²) in [5, 5.41) is 5.58. The van der Waals surface area contributed by atoms with E-state index in [1.165, 1.54) is 25.4 Å². The normalized spacial score (nSPS) is 15.2. The van der Waals surface area contributed by atoms with Crippen molar-refractivity contribution in [2.24, 2.45) is 5.92 Å². The second-order valence-electron chi connectivity index (χ2n) is 7.74. The van der Waals surface area contributed by atoms with Gasteiger partial charge in [0.2, 0.25) is 11.8 Å². The van der Waals surface area contributed by atoms with Crippen LogP contribution in [-0.4, -0.2) is 38.5 Å². The number of amides is 3. The number of hydrogen-bond acceptors (Lipinski definition) is 6. The van der Waals surface area contributed by atoms with Gasteiger partial charge >= 0.3 is 0 Å². The van der Waals surface area contributed by atoms with E-state index in [-0.39, 0.29) is 37.2 Å². The first-order valence-corrected chi connectivity index (χ1v) is 10.7. The molecule has 1 saturated heterocycles. The number of benzene rings is 2. The van der Waals surface area contributed by atoms with E-state index in [4.69, 9.17) is 13.9 Å². The highest BCUT2D eigenvalue weighted by atomic mass is 16.5. The van der Waals surface area contributed by atoms with Crippen LogP contribution >= 0.6 is 0 Å². The van der Waals surface area contributed by atoms with Crippen LogP contribution in [0.15, 0.2) is 65.3 Å². The van der Waals surface area contributed by atoms with Gasteiger partial charge in [0.15, 0.2) is 0 Å². The van der Waals surface area contributed by atoms with Crippen LogP contribution in [0.4, 0.5) is 11.4 Å². The lowest BCUT2D eigenvalue weighted by Crippen LogP contribution is -2.29. The van der Waals surface area contributed by atoms with Crippen LogP contribution in [0.3, 0.4) is 0 Å². The molecule has 4 rings (SSSR count). The van der Waals surface area contributed by atoms with Gasteiger partial charge < -0.3 is 29.4 Å². The average molecular weight is 463 g/mol. The predicted octanol–water partition coefficient (Wildman–Crippen LogP) is 3.22. The second kappa shape index (κ2) is 10.1. The first-order valence-electron chi connectivity index (χ1n) is 10.7. The zero-order valence-electron chi connectivity index (χ0n) is 18.9. The molecule has 2 heterocycles. The van der Waals surface area contributed by atoms with E-state index >= 15 is 0 Å². The molecule has 1 aromatic heterocycles. The van der Waals surface area contributed by atoms with E-state index in [1.807, 2.05) is 0 Å². The number of carbonyl (C=O) groups excluding carboxylic acids is 3. The summed E-state index contributed by atoms with van der Waals surface area (Å²) >= 11 is 0. The molecule has 1 fully saturated rings. The molecule has 2 aromatic carbocycles. The molecule has 176 valence electrons. The van der Waals surface area contributed by atoms with Crippen molar-refractivity contribution in [2.45, 2.75) is 13.0 Å². The number of furan rings is 1. The number of carbonyl (C=O) groups is 3. The van der Waals surface area contributed by atoms with Gasteiger partial charge in [-0.1, -0.05) is 12.1 Å². The minimum Gasteiger partial charge on any atom is -0.497 e. The van der Waals surface area contributed by atoms with Crippen LogP contribution in [0.25, 0.3) is 0 Å². The molecule has 0 radical (unpaired) electrons. The molecule has 1 atom stereocenters. The molecule has 3 aromatic rings. The Morgan fingerprint density at radius 2 is 1.91 bits per heavy atom. The summed E-state index contributed by atoms with van der Waals surface area (Å²) < 4.78 is 15.9. The summed E-state index contributed by atoms with van der Waals surface area (Å²) in [6.45, 7) is 0.406. The number of nitrogens with zero attached hydrogens (tertiary/aromatic N) is 1. The number of rotatable bonds is 8. The van der Waals surface area contributed by atoms with Gasteiger partial charge in [-0.15, -0.1) is 0 Å². The van der Waals surface area contributed by atoms with Crippen molar-refractivity contribution in [3.05, 3.63) is 72.2 Å². The standard InChI is InChI=1S/C25H25N3O6/c1-32-17-9-10-22(33-2)21(13-17)28-15-16(12-23(28)29)24(30)27-20-8-4-3-7-19(20)25(31)26-14-18-6-5-11-34-18/h3-11,13,16H,12,14-15H2,1-2H3,(H,26,31)(H,27,30). The van der Waals surface area contributed by atoms with E-state index in [2.05, 4.69) is 10.6 Å². The highest BCUT2D eigenvalue weighted by Crippen LogP contribution is 2.36. The van der Waals surface area contributed by atoms with Crippen LogP contribution < -0.4 is 25.0 Å². The van der Waals surface area contributed by atoms with Gasteiger partial charge in [0.1, 0.15) is 17.3 Å². The number of anilines is 2. The average Bonchev–Trinajstić information content (AvgIpc) is 3.52. The van der Waals surface area contributed by atoms with Crippen LogP contribution in [0.5, 0.6) is 11.5 Å². The van der Waals surface area contributed by atoms with E-state index in [0.29, 0.717) is 34.2 Å². The highest BCUT2D eigenvalue weighted by Gasteiger charge is 2.36. The van der Waals surface area contributed by atoms with E-state index < -0.39 is 5.92 Å². The topological polar surface area (TPSA) is 110 Å². The summed E-state index contributed by atoms with van der Waals surface area (Å²) in [6, 6.07) is 15.4. The van der Waals surface area contributed by atoms with E-state index in [9.17, 15) is 14.4 Å². The van der Waals surface area contributed by atoms with Crippen molar-refractivity contribution in [2.75, 3.05) is 31.0 Å². The fourth-order valence-corrected chi connectivity index (χ4v) is 3.82. The minimum absolute atomic E-state index is 0.0407. The van der Waals surface area contributed by atoms with Crippen LogP contribution in [0.2, 0.25) is 0 Å². The smallest absolute Gasteiger partial charge is 0.253 e. The van der Waals surface area contributed by atoms with Crippen LogP contribution in [0.1, 0.15) is 22.5 Å². The number of methoxy groups -OCH3 is 2. The van der Waals surface area contributed by atoms with Crippen LogP contribution in [-0.2, 0) is 16.1 Å². The molecule has 0 spiro atoms. The molecule has 9 nitrogen and oxygen atoms in total. The van der Waals surface area contributed by atoms with Crippen LogP contribution in [0, 0.1) is 5.92 Å². The van der Waals surface area contributed by atoms with Gasteiger partial charge in [-0.05, 0) is 36.4 Å². The van der Waals surface area contributed by atoms with Gasteiger partial charge in [-0.3, -0.25) is 14.4 Å². The molecule has 0 aliphatic carbocycles. The molecule has 2 N–H and O–H groups in total. The second-order valence-corrected chi connectivity index (χ2v) is 7.74. The zero-order valence-corrected chi connectivity index (χ0v) is 18.9. The number of para-hydroxylation sites is 1. The summed E-state index contributed by atoms with van der Waals surface area (Å²) in [7, 11) is 3.06. The van der Waals surface area contributed by atoms with Crippen molar-refractivity contribution in [3.63, 3.8) is 0 Å². The lowest BCUT2D eigenvalue weighted by atomic mass is 10.1. The number of hydrogen-bond donors (Lipinski definition) is 2. The minimum atomic E-state index is -0.595. The van der Waals surface area contributed by atoms with Crippen molar-refractivity contribution in [1.29, 1.82) is 0 Å². The molecular formula is C25H25N3O6. The Labute approximate surface area is 196 Å². The fraction of sp³-hybridized carbons (Fsp3) is 0.240. The summed E-state index contributed by atoms with van der Waals surface area (Å²) in [4.78, 5) is 40.0. The number of ether oxygens (including phenoxy) is 2. The highest BCUT2D eigenvalue weighted by molar-refractivity contribution is 6.07. The monoisotopic (exact) mass is 463 g/mol. The maximum atomic E-state index is 13.0. The fourth-order valence-electron chi connectivity index (χ4n) is 3.82. The van der Waals surface area contributed by atoms with Gasteiger partial charge in [-0.25, -0.2) is 0 Å².